The van der Waals surface area contributed by atoms with Crippen LogP contribution in [0.15, 0.2) is 0 Å². The van der Waals surface area contributed by atoms with Crippen molar-refractivity contribution in [2.45, 2.75) is 58.8 Å². The highest BCUT2D eigenvalue weighted by molar-refractivity contribution is 5.13. The van der Waals surface area contributed by atoms with Crippen LogP contribution in [0.1, 0.15) is 58.8 Å². The minimum atomic E-state index is 0.525. The zero-order chi connectivity index (χ0) is 10.2. The quantitative estimate of drug-likeness (QED) is 0.672. The lowest BCUT2D eigenvalue weighted by atomic mass is 9.78. The Kier molecular flexibility index (Phi) is 2.63. The lowest BCUT2D eigenvalue weighted by Gasteiger charge is -2.28. The fourth-order valence-electron chi connectivity index (χ4n) is 3.79. The molecular formula is C13H25N. The van der Waals surface area contributed by atoms with Gasteiger partial charge in [0.15, 0.2) is 0 Å². The summed E-state index contributed by atoms with van der Waals surface area (Å²) < 4.78 is 0. The maximum atomic E-state index is 6.03. The van der Waals surface area contributed by atoms with E-state index in [2.05, 4.69) is 13.8 Å². The highest BCUT2D eigenvalue weighted by Gasteiger charge is 2.63. The molecule has 82 valence electrons. The van der Waals surface area contributed by atoms with Gasteiger partial charge in [0.1, 0.15) is 0 Å². The van der Waals surface area contributed by atoms with Crippen LogP contribution in [0.3, 0.4) is 0 Å². The fraction of sp³-hybridized carbons (Fsp3) is 1.00. The van der Waals surface area contributed by atoms with Crippen LogP contribution in [-0.2, 0) is 0 Å². The number of hydrogen-bond acceptors (Lipinski definition) is 1. The van der Waals surface area contributed by atoms with E-state index in [0.29, 0.717) is 10.8 Å². The van der Waals surface area contributed by atoms with Crippen molar-refractivity contribution in [3.63, 3.8) is 0 Å². The van der Waals surface area contributed by atoms with E-state index >= 15 is 0 Å². The third-order valence-electron chi connectivity index (χ3n) is 4.98. The summed E-state index contributed by atoms with van der Waals surface area (Å²) in [4.78, 5) is 0. The first kappa shape index (κ1) is 10.5. The summed E-state index contributed by atoms with van der Waals surface area (Å²) in [5, 5.41) is 0. The Morgan fingerprint density at radius 3 is 1.93 bits per heavy atom. The van der Waals surface area contributed by atoms with Gasteiger partial charge in [-0.1, -0.05) is 39.5 Å². The van der Waals surface area contributed by atoms with Gasteiger partial charge in [-0.2, -0.15) is 0 Å². The Balaban J connectivity index is 2.05. The summed E-state index contributed by atoms with van der Waals surface area (Å²) >= 11 is 0. The van der Waals surface area contributed by atoms with Crippen LogP contribution in [0.2, 0.25) is 0 Å². The molecule has 0 aromatic carbocycles. The van der Waals surface area contributed by atoms with Crippen molar-refractivity contribution >= 4 is 0 Å². The van der Waals surface area contributed by atoms with Crippen LogP contribution >= 0.6 is 0 Å². The monoisotopic (exact) mass is 195 g/mol. The van der Waals surface area contributed by atoms with E-state index in [9.17, 15) is 0 Å². The molecule has 0 radical (unpaired) electrons. The minimum Gasteiger partial charge on any atom is -0.330 e. The Bertz CT molecular complexity index is 201. The van der Waals surface area contributed by atoms with Gasteiger partial charge in [0.25, 0.3) is 0 Å². The summed E-state index contributed by atoms with van der Waals surface area (Å²) in [6.45, 7) is 5.74. The van der Waals surface area contributed by atoms with Gasteiger partial charge in [-0.3, -0.25) is 0 Å². The summed E-state index contributed by atoms with van der Waals surface area (Å²) in [5.41, 5.74) is 7.09. The molecule has 1 nitrogen and oxygen atoms in total. The SMILES string of the molecule is CC1(C)CC1(CN)C1CCCCCC1. The summed E-state index contributed by atoms with van der Waals surface area (Å²) in [7, 11) is 0. The van der Waals surface area contributed by atoms with Crippen LogP contribution in [0.4, 0.5) is 0 Å². The average molecular weight is 195 g/mol. The minimum absolute atomic E-state index is 0.525. The Morgan fingerprint density at radius 2 is 1.57 bits per heavy atom. The van der Waals surface area contributed by atoms with E-state index in [-0.39, 0.29) is 0 Å². The van der Waals surface area contributed by atoms with E-state index in [1.54, 1.807) is 0 Å². The van der Waals surface area contributed by atoms with Gasteiger partial charge in [-0.15, -0.1) is 0 Å². The van der Waals surface area contributed by atoms with E-state index < -0.39 is 0 Å². The third-order valence-corrected chi connectivity index (χ3v) is 4.98. The topological polar surface area (TPSA) is 26.0 Å². The van der Waals surface area contributed by atoms with Crippen LogP contribution in [0.25, 0.3) is 0 Å². The molecular weight excluding hydrogens is 170 g/mol. The molecule has 2 saturated carbocycles. The standard InChI is InChI=1S/C13H25N/c1-12(2)9-13(12,10-14)11-7-5-3-4-6-8-11/h11H,3-10,14H2,1-2H3. The highest BCUT2D eigenvalue weighted by Crippen LogP contribution is 2.68. The first-order valence-electron chi connectivity index (χ1n) is 6.32. The van der Waals surface area contributed by atoms with Crippen molar-refractivity contribution < 1.29 is 0 Å². The normalized spacial score (nSPS) is 37.9. The van der Waals surface area contributed by atoms with Gasteiger partial charge in [-0.05, 0) is 42.6 Å². The third kappa shape index (κ3) is 1.50. The molecule has 0 aliphatic heterocycles. The number of nitrogens with two attached hydrogens (primary N) is 1. The van der Waals surface area contributed by atoms with Crippen molar-refractivity contribution in [3.8, 4) is 0 Å². The molecule has 0 aromatic heterocycles. The van der Waals surface area contributed by atoms with E-state index in [4.69, 9.17) is 5.73 Å². The van der Waals surface area contributed by atoms with Crippen LogP contribution in [0.5, 0.6) is 0 Å². The summed E-state index contributed by atoms with van der Waals surface area (Å²) in [6.07, 6.45) is 10.1. The predicted octanol–water partition coefficient (Wildman–Crippen LogP) is 3.33. The van der Waals surface area contributed by atoms with Gasteiger partial charge in [0.05, 0.1) is 0 Å². The lowest BCUT2D eigenvalue weighted by Crippen LogP contribution is -2.29. The molecule has 0 amide bonds. The predicted molar refractivity (Wildman–Crippen MR) is 61.1 cm³/mol. The van der Waals surface area contributed by atoms with Gasteiger partial charge in [-0.25, -0.2) is 0 Å². The van der Waals surface area contributed by atoms with Crippen molar-refractivity contribution in [3.05, 3.63) is 0 Å². The highest BCUT2D eigenvalue weighted by atomic mass is 14.8. The second-order valence-electron chi connectivity index (χ2n) is 6.11. The molecule has 2 rings (SSSR count). The molecule has 0 aromatic rings. The summed E-state index contributed by atoms with van der Waals surface area (Å²) in [5.74, 6) is 0.935. The van der Waals surface area contributed by atoms with Crippen LogP contribution in [0, 0.1) is 16.7 Å². The fourth-order valence-corrected chi connectivity index (χ4v) is 3.79. The zero-order valence-corrected chi connectivity index (χ0v) is 9.81. The molecule has 2 aliphatic rings. The van der Waals surface area contributed by atoms with E-state index in [1.165, 1.54) is 44.9 Å². The molecule has 2 fully saturated rings. The first-order chi connectivity index (χ1) is 6.62. The van der Waals surface area contributed by atoms with E-state index in [0.717, 1.165) is 12.5 Å². The second kappa shape index (κ2) is 3.52. The summed E-state index contributed by atoms with van der Waals surface area (Å²) in [6, 6.07) is 0. The van der Waals surface area contributed by atoms with Gasteiger partial charge >= 0.3 is 0 Å². The van der Waals surface area contributed by atoms with Gasteiger partial charge < -0.3 is 5.73 Å². The molecule has 1 unspecified atom stereocenters. The average Bonchev–Trinajstić information content (AvgIpc) is 2.80. The molecule has 1 heteroatoms. The van der Waals surface area contributed by atoms with Crippen molar-refractivity contribution in [2.75, 3.05) is 6.54 Å². The van der Waals surface area contributed by atoms with E-state index in [1.807, 2.05) is 0 Å². The molecule has 1 atom stereocenters. The molecule has 14 heavy (non-hydrogen) atoms. The van der Waals surface area contributed by atoms with Crippen LogP contribution in [-0.4, -0.2) is 6.54 Å². The Labute approximate surface area is 88.4 Å². The van der Waals surface area contributed by atoms with Crippen LogP contribution < -0.4 is 5.73 Å². The maximum Gasteiger partial charge on any atom is -0.00125 e. The molecule has 2 aliphatic carbocycles. The zero-order valence-electron chi connectivity index (χ0n) is 9.81. The van der Waals surface area contributed by atoms with Gasteiger partial charge in [0.2, 0.25) is 0 Å². The second-order valence-corrected chi connectivity index (χ2v) is 6.11. The molecule has 2 N–H and O–H groups in total. The Morgan fingerprint density at radius 1 is 1.07 bits per heavy atom. The largest absolute Gasteiger partial charge is 0.330 e. The van der Waals surface area contributed by atoms with Crippen molar-refractivity contribution in [1.29, 1.82) is 0 Å². The van der Waals surface area contributed by atoms with Crippen molar-refractivity contribution in [2.24, 2.45) is 22.5 Å². The maximum absolute atomic E-state index is 6.03. The molecule has 0 heterocycles. The smallest absolute Gasteiger partial charge is 0.00125 e. The molecule has 0 bridgehead atoms. The number of rotatable bonds is 2. The lowest BCUT2D eigenvalue weighted by molar-refractivity contribution is 0.226. The van der Waals surface area contributed by atoms with Gasteiger partial charge in [0, 0.05) is 0 Å². The first-order valence-corrected chi connectivity index (χ1v) is 6.32. The molecule has 0 spiro atoms. The molecule has 0 saturated heterocycles. The van der Waals surface area contributed by atoms with Crippen molar-refractivity contribution in [1.82, 2.24) is 0 Å². The number of hydrogen-bond donors (Lipinski definition) is 1. The Hall–Kier alpha value is -0.0400.